The summed E-state index contributed by atoms with van der Waals surface area (Å²) in [6.07, 6.45) is 3.30. The predicted octanol–water partition coefficient (Wildman–Crippen LogP) is 4.05. The Labute approximate surface area is 195 Å². The molecule has 4 rings (SSSR count). The molecule has 2 heterocycles. The van der Waals surface area contributed by atoms with Gasteiger partial charge in [-0.05, 0) is 63.3 Å². The largest absolute Gasteiger partial charge is 0.453 e. The van der Waals surface area contributed by atoms with E-state index in [0.29, 0.717) is 16.6 Å². The molecule has 1 fully saturated rings. The van der Waals surface area contributed by atoms with Crippen molar-refractivity contribution in [2.24, 2.45) is 0 Å². The molecule has 172 valence electrons. The van der Waals surface area contributed by atoms with Gasteiger partial charge in [-0.15, -0.1) is 0 Å². The van der Waals surface area contributed by atoms with Gasteiger partial charge in [-0.25, -0.2) is 13.7 Å². The molecule has 1 aromatic heterocycles. The Kier molecular flexibility index (Phi) is 7.13. The molecule has 2 aromatic carbocycles. The van der Waals surface area contributed by atoms with Gasteiger partial charge in [-0.3, -0.25) is 9.36 Å². The number of ether oxygens (including phenoxy) is 1. The van der Waals surface area contributed by atoms with Crippen LogP contribution >= 0.6 is 12.1 Å². The van der Waals surface area contributed by atoms with Crippen LogP contribution in [-0.2, 0) is 0 Å². The molecule has 0 saturated carbocycles. The topological polar surface area (TPSA) is 95.2 Å². The highest BCUT2D eigenvalue weighted by molar-refractivity contribution is 7.98. The van der Waals surface area contributed by atoms with Gasteiger partial charge in [0.25, 0.3) is 5.56 Å². The summed E-state index contributed by atoms with van der Waals surface area (Å²) >= 11 is 1.30. The lowest BCUT2D eigenvalue weighted by Crippen LogP contribution is -2.34. The number of hydrogen-bond acceptors (Lipinski definition) is 8. The predicted molar refractivity (Wildman–Crippen MR) is 128 cm³/mol. The third kappa shape index (κ3) is 4.95. The number of anilines is 1. The summed E-state index contributed by atoms with van der Waals surface area (Å²) in [5, 5.41) is 13.4. The third-order valence-electron chi connectivity index (χ3n) is 5.65. The molecule has 0 radical (unpaired) electrons. The fourth-order valence-electron chi connectivity index (χ4n) is 3.69. The van der Waals surface area contributed by atoms with Gasteiger partial charge in [0, 0.05) is 24.7 Å². The summed E-state index contributed by atoms with van der Waals surface area (Å²) in [7, 11) is 1.89. The summed E-state index contributed by atoms with van der Waals surface area (Å²) in [5.74, 6) is -0.594. The number of benzene rings is 2. The first kappa shape index (κ1) is 23.0. The standard InChI is InChI=1S/C23H25FN6O2S/c1-3-29(2)33-28-21-7-5-19(24)22(18(21)13-25)32-16-4-6-20-17(12-16)23(31)30(14-27-20)15-8-10-26-11-9-15/h4-7,12,14-15,26,28H,3,8-11H2,1-2H3. The van der Waals surface area contributed by atoms with Crippen molar-refractivity contribution in [3.8, 4) is 17.6 Å². The zero-order valence-electron chi connectivity index (χ0n) is 18.5. The number of nitrogens with zero attached hydrogens (tertiary/aromatic N) is 4. The van der Waals surface area contributed by atoms with E-state index in [-0.39, 0.29) is 28.7 Å². The lowest BCUT2D eigenvalue weighted by atomic mass is 10.1. The van der Waals surface area contributed by atoms with Gasteiger partial charge in [-0.1, -0.05) is 6.92 Å². The van der Waals surface area contributed by atoms with Gasteiger partial charge in [-0.2, -0.15) is 5.26 Å². The van der Waals surface area contributed by atoms with E-state index < -0.39 is 5.82 Å². The van der Waals surface area contributed by atoms with E-state index in [1.807, 2.05) is 24.3 Å². The summed E-state index contributed by atoms with van der Waals surface area (Å²) in [5.41, 5.74) is 0.862. The number of nitriles is 1. The van der Waals surface area contributed by atoms with Crippen molar-refractivity contribution >= 4 is 28.7 Å². The first-order valence-corrected chi connectivity index (χ1v) is 11.5. The Balaban J connectivity index is 1.68. The molecule has 0 aliphatic carbocycles. The molecule has 0 atom stereocenters. The zero-order chi connectivity index (χ0) is 23.4. The van der Waals surface area contributed by atoms with Gasteiger partial charge < -0.3 is 14.8 Å². The number of piperidine rings is 1. The maximum absolute atomic E-state index is 14.7. The van der Waals surface area contributed by atoms with Crippen molar-refractivity contribution in [1.82, 2.24) is 19.2 Å². The Bertz CT molecular complexity index is 1250. The lowest BCUT2D eigenvalue weighted by Gasteiger charge is -2.24. The molecule has 1 aliphatic rings. The second-order valence-corrected chi connectivity index (χ2v) is 8.78. The van der Waals surface area contributed by atoms with E-state index in [0.717, 1.165) is 32.5 Å². The summed E-state index contributed by atoms with van der Waals surface area (Å²) in [6.45, 7) is 4.48. The maximum Gasteiger partial charge on any atom is 0.261 e. The minimum Gasteiger partial charge on any atom is -0.453 e. The second-order valence-electron chi connectivity index (χ2n) is 7.77. The van der Waals surface area contributed by atoms with Crippen LogP contribution in [0.4, 0.5) is 10.1 Å². The zero-order valence-corrected chi connectivity index (χ0v) is 19.3. The minimum atomic E-state index is -0.663. The molecule has 1 saturated heterocycles. The third-order valence-corrected chi connectivity index (χ3v) is 6.54. The van der Waals surface area contributed by atoms with Crippen LogP contribution in [0.3, 0.4) is 0 Å². The summed E-state index contributed by atoms with van der Waals surface area (Å²) < 4.78 is 27.1. The minimum absolute atomic E-state index is 0.0467. The molecule has 0 amide bonds. The molecule has 10 heteroatoms. The van der Waals surface area contributed by atoms with Crippen molar-refractivity contribution < 1.29 is 9.13 Å². The normalized spacial score (nSPS) is 14.4. The molecule has 2 N–H and O–H groups in total. The molecular formula is C23H25FN6O2S. The van der Waals surface area contributed by atoms with Crippen LogP contribution in [0.5, 0.6) is 11.5 Å². The molecule has 33 heavy (non-hydrogen) atoms. The SMILES string of the molecule is CCN(C)SNc1ccc(F)c(Oc2ccc3ncn(C4CCNCC4)c(=O)c3c2)c1C#N. The molecular weight excluding hydrogens is 443 g/mol. The van der Waals surface area contributed by atoms with E-state index in [9.17, 15) is 14.4 Å². The number of halogens is 1. The number of aromatic nitrogens is 2. The Morgan fingerprint density at radius 1 is 1.36 bits per heavy atom. The number of nitrogens with one attached hydrogen (secondary N) is 2. The second kappa shape index (κ2) is 10.2. The van der Waals surface area contributed by atoms with Crippen LogP contribution < -0.4 is 20.3 Å². The van der Waals surface area contributed by atoms with E-state index in [2.05, 4.69) is 15.0 Å². The molecule has 1 aliphatic heterocycles. The van der Waals surface area contributed by atoms with Crippen molar-refractivity contribution in [2.75, 3.05) is 31.4 Å². The highest BCUT2D eigenvalue weighted by atomic mass is 32.2. The number of hydrogen-bond donors (Lipinski definition) is 2. The fraction of sp³-hybridized carbons (Fsp3) is 0.348. The van der Waals surface area contributed by atoms with Gasteiger partial charge in [0.05, 0.1) is 22.9 Å². The first-order valence-electron chi connectivity index (χ1n) is 10.8. The smallest absolute Gasteiger partial charge is 0.261 e. The number of rotatable bonds is 7. The van der Waals surface area contributed by atoms with Gasteiger partial charge >= 0.3 is 0 Å². The average Bonchev–Trinajstić information content (AvgIpc) is 2.85. The van der Waals surface area contributed by atoms with Crippen LogP contribution in [0.15, 0.2) is 41.5 Å². The van der Waals surface area contributed by atoms with Crippen LogP contribution in [0, 0.1) is 17.1 Å². The monoisotopic (exact) mass is 468 g/mol. The maximum atomic E-state index is 14.7. The average molecular weight is 469 g/mol. The molecule has 0 spiro atoms. The van der Waals surface area contributed by atoms with Gasteiger partial charge in [0.15, 0.2) is 11.6 Å². The molecule has 0 bridgehead atoms. The van der Waals surface area contributed by atoms with E-state index in [4.69, 9.17) is 4.74 Å². The Morgan fingerprint density at radius 3 is 2.88 bits per heavy atom. The van der Waals surface area contributed by atoms with Crippen LogP contribution in [0.1, 0.15) is 31.4 Å². The highest BCUT2D eigenvalue weighted by Crippen LogP contribution is 2.34. The van der Waals surface area contributed by atoms with Crippen molar-refractivity contribution in [3.05, 3.63) is 58.4 Å². The fourth-order valence-corrected chi connectivity index (χ4v) is 4.24. The van der Waals surface area contributed by atoms with Gasteiger partial charge in [0.2, 0.25) is 0 Å². The highest BCUT2D eigenvalue weighted by Gasteiger charge is 2.19. The molecule has 0 unspecified atom stereocenters. The van der Waals surface area contributed by atoms with Crippen LogP contribution in [0.25, 0.3) is 10.9 Å². The lowest BCUT2D eigenvalue weighted by molar-refractivity contribution is 0.359. The van der Waals surface area contributed by atoms with Gasteiger partial charge in [0.1, 0.15) is 17.4 Å². The van der Waals surface area contributed by atoms with Crippen molar-refractivity contribution in [3.63, 3.8) is 0 Å². The van der Waals surface area contributed by atoms with E-state index >= 15 is 0 Å². The summed E-state index contributed by atoms with van der Waals surface area (Å²) in [4.78, 5) is 17.6. The first-order chi connectivity index (χ1) is 16.0. The number of fused-ring (bicyclic) bond motifs is 1. The van der Waals surface area contributed by atoms with E-state index in [1.165, 1.54) is 24.3 Å². The Hall–Kier alpha value is -3.13. The Morgan fingerprint density at radius 2 is 2.15 bits per heavy atom. The van der Waals surface area contributed by atoms with Crippen LogP contribution in [0.2, 0.25) is 0 Å². The molecule has 8 nitrogen and oxygen atoms in total. The van der Waals surface area contributed by atoms with Crippen molar-refractivity contribution in [1.29, 1.82) is 5.26 Å². The summed E-state index contributed by atoms with van der Waals surface area (Å²) in [6, 6.07) is 9.70. The van der Waals surface area contributed by atoms with E-state index in [1.54, 1.807) is 29.1 Å². The van der Waals surface area contributed by atoms with Crippen molar-refractivity contribution in [2.45, 2.75) is 25.8 Å². The quantitative estimate of drug-likeness (QED) is 0.502. The van der Waals surface area contributed by atoms with Crippen LogP contribution in [-0.4, -0.2) is 40.5 Å². The molecule has 3 aromatic rings.